The average Bonchev–Trinajstić information content (AvgIpc) is 3.10. The van der Waals surface area contributed by atoms with Gasteiger partial charge in [-0.2, -0.15) is 0 Å². The van der Waals surface area contributed by atoms with Crippen LogP contribution >= 0.6 is 0 Å². The summed E-state index contributed by atoms with van der Waals surface area (Å²) in [6.07, 6.45) is 4.99. The van der Waals surface area contributed by atoms with Crippen LogP contribution in [0.4, 0.5) is 0 Å². The number of ether oxygens (including phenoxy) is 1. The van der Waals surface area contributed by atoms with Gasteiger partial charge in [-0.15, -0.1) is 0 Å². The number of carbonyl (C=O) groups is 1. The van der Waals surface area contributed by atoms with Gasteiger partial charge in [-0.05, 0) is 80.5 Å². The summed E-state index contributed by atoms with van der Waals surface area (Å²) in [4.78, 5) is 12.8. The first kappa shape index (κ1) is 19.2. The molecule has 0 spiro atoms. The zero-order valence-electron chi connectivity index (χ0n) is 17.3. The van der Waals surface area contributed by atoms with Gasteiger partial charge in [0, 0.05) is 0 Å². The predicted molar refractivity (Wildman–Crippen MR) is 119 cm³/mol. The van der Waals surface area contributed by atoms with Gasteiger partial charge >= 0.3 is 5.97 Å². The van der Waals surface area contributed by atoms with E-state index in [4.69, 9.17) is 4.74 Å². The van der Waals surface area contributed by atoms with E-state index in [2.05, 4.69) is 50.3 Å². The Kier molecular flexibility index (Phi) is 5.35. The minimum Gasteiger partial charge on any atom is -0.423 e. The van der Waals surface area contributed by atoms with Crippen molar-refractivity contribution in [3.63, 3.8) is 0 Å². The third-order valence-electron chi connectivity index (χ3n) is 5.55. The number of hydrogen-bond donors (Lipinski definition) is 0. The van der Waals surface area contributed by atoms with Crippen LogP contribution in [-0.2, 0) is 19.3 Å². The molecule has 2 heteroatoms. The van der Waals surface area contributed by atoms with E-state index < -0.39 is 0 Å². The van der Waals surface area contributed by atoms with Crippen LogP contribution < -0.4 is 4.74 Å². The van der Waals surface area contributed by atoms with Crippen LogP contribution in [0.3, 0.4) is 0 Å². The predicted octanol–water partition coefficient (Wildman–Crippen LogP) is 6.27. The molecular formula is C27H26O2. The molecule has 2 nitrogen and oxygen atoms in total. The lowest BCUT2D eigenvalue weighted by atomic mass is 9.94. The minimum atomic E-state index is -0.279. The number of esters is 1. The quantitative estimate of drug-likeness (QED) is 0.384. The molecule has 0 aliphatic heterocycles. The van der Waals surface area contributed by atoms with Crippen LogP contribution in [0.5, 0.6) is 5.75 Å². The maximum atomic E-state index is 12.8. The fourth-order valence-electron chi connectivity index (χ4n) is 3.87. The molecule has 3 aromatic rings. The Labute approximate surface area is 172 Å². The van der Waals surface area contributed by atoms with Crippen LogP contribution in [0.1, 0.15) is 50.7 Å². The van der Waals surface area contributed by atoms with Gasteiger partial charge in [-0.25, -0.2) is 4.79 Å². The van der Waals surface area contributed by atoms with E-state index in [1.54, 1.807) is 0 Å². The van der Waals surface area contributed by atoms with E-state index in [0.29, 0.717) is 11.3 Å². The summed E-state index contributed by atoms with van der Waals surface area (Å²) in [5.41, 5.74) is 9.32. The monoisotopic (exact) mass is 382 g/mol. The Balaban J connectivity index is 1.56. The zero-order chi connectivity index (χ0) is 20.4. The molecule has 0 radical (unpaired) electrons. The van der Waals surface area contributed by atoms with E-state index >= 15 is 0 Å². The fourth-order valence-corrected chi connectivity index (χ4v) is 3.87. The topological polar surface area (TPSA) is 26.3 Å². The molecule has 0 bridgehead atoms. The standard InChI is InChI=1S/C27H26O2/c1-18-4-8-21(9-5-18)10-11-22-12-15-24(26-17-20(3)16-25(22)26)27(28)29-23-13-6-19(2)7-14-23/h4-9,12-16H,10-11,17H2,1-3H3. The van der Waals surface area contributed by atoms with Gasteiger partial charge in [0.2, 0.25) is 0 Å². The number of carbonyl (C=O) groups excluding carboxylic acids is 1. The highest BCUT2D eigenvalue weighted by molar-refractivity contribution is 5.95. The van der Waals surface area contributed by atoms with Crippen molar-refractivity contribution in [2.75, 3.05) is 0 Å². The Hall–Kier alpha value is -3.13. The van der Waals surface area contributed by atoms with Crippen molar-refractivity contribution in [2.24, 2.45) is 0 Å². The molecule has 0 heterocycles. The van der Waals surface area contributed by atoms with Gasteiger partial charge in [0.25, 0.3) is 0 Å². The number of aryl methyl sites for hydroxylation is 4. The van der Waals surface area contributed by atoms with Crippen molar-refractivity contribution in [1.29, 1.82) is 0 Å². The molecule has 0 atom stereocenters. The van der Waals surface area contributed by atoms with Gasteiger partial charge in [0.15, 0.2) is 0 Å². The molecule has 0 unspecified atom stereocenters. The van der Waals surface area contributed by atoms with E-state index in [1.165, 1.54) is 27.8 Å². The highest BCUT2D eigenvalue weighted by Crippen LogP contribution is 2.32. The van der Waals surface area contributed by atoms with E-state index in [9.17, 15) is 4.79 Å². The molecule has 0 amide bonds. The maximum Gasteiger partial charge on any atom is 0.343 e. The summed E-state index contributed by atoms with van der Waals surface area (Å²) in [6, 6.07) is 20.3. The number of rotatable bonds is 5. The normalized spacial score (nSPS) is 12.4. The molecule has 0 saturated heterocycles. The lowest BCUT2D eigenvalue weighted by molar-refractivity contribution is 0.0733. The Morgan fingerprint density at radius 2 is 1.48 bits per heavy atom. The first-order valence-corrected chi connectivity index (χ1v) is 10.2. The third-order valence-corrected chi connectivity index (χ3v) is 5.55. The second-order valence-corrected chi connectivity index (χ2v) is 8.02. The van der Waals surface area contributed by atoms with E-state index in [1.807, 2.05) is 37.3 Å². The first-order chi connectivity index (χ1) is 14.0. The molecule has 3 aromatic carbocycles. The number of hydrogen-bond acceptors (Lipinski definition) is 2. The Morgan fingerprint density at radius 3 is 2.17 bits per heavy atom. The van der Waals surface area contributed by atoms with Crippen LogP contribution in [0, 0.1) is 13.8 Å². The van der Waals surface area contributed by atoms with Crippen molar-refractivity contribution >= 4 is 12.0 Å². The van der Waals surface area contributed by atoms with Crippen molar-refractivity contribution in [3.8, 4) is 5.75 Å². The zero-order valence-corrected chi connectivity index (χ0v) is 17.3. The molecule has 0 fully saturated rings. The van der Waals surface area contributed by atoms with Crippen molar-refractivity contribution < 1.29 is 9.53 Å². The number of benzene rings is 3. The fraction of sp³-hybridized carbons (Fsp3) is 0.222. The lowest BCUT2D eigenvalue weighted by Crippen LogP contribution is -2.12. The highest BCUT2D eigenvalue weighted by atomic mass is 16.5. The van der Waals surface area contributed by atoms with Crippen LogP contribution in [0.15, 0.2) is 66.2 Å². The number of fused-ring (bicyclic) bond motifs is 1. The van der Waals surface area contributed by atoms with Gasteiger partial charge in [-0.1, -0.05) is 65.2 Å². The molecule has 1 aliphatic rings. The van der Waals surface area contributed by atoms with Crippen LogP contribution in [-0.4, -0.2) is 5.97 Å². The molecule has 1 aliphatic carbocycles. The highest BCUT2D eigenvalue weighted by Gasteiger charge is 2.22. The average molecular weight is 383 g/mol. The van der Waals surface area contributed by atoms with Crippen LogP contribution in [0.2, 0.25) is 0 Å². The smallest absolute Gasteiger partial charge is 0.343 e. The third kappa shape index (κ3) is 4.32. The summed E-state index contributed by atoms with van der Waals surface area (Å²) in [6.45, 7) is 6.25. The molecule has 146 valence electrons. The summed E-state index contributed by atoms with van der Waals surface area (Å²) in [5.74, 6) is 0.304. The minimum absolute atomic E-state index is 0.279. The molecular weight excluding hydrogens is 356 g/mol. The second-order valence-electron chi connectivity index (χ2n) is 8.02. The Morgan fingerprint density at radius 1 is 0.828 bits per heavy atom. The van der Waals surface area contributed by atoms with E-state index in [-0.39, 0.29) is 5.97 Å². The molecule has 0 N–H and O–H groups in total. The van der Waals surface area contributed by atoms with Crippen molar-refractivity contribution in [2.45, 2.75) is 40.0 Å². The lowest BCUT2D eigenvalue weighted by Gasteiger charge is -2.13. The number of allylic oxidation sites excluding steroid dienone is 1. The summed E-state index contributed by atoms with van der Waals surface area (Å²) < 4.78 is 5.63. The van der Waals surface area contributed by atoms with E-state index in [0.717, 1.165) is 30.4 Å². The summed E-state index contributed by atoms with van der Waals surface area (Å²) >= 11 is 0. The largest absolute Gasteiger partial charge is 0.423 e. The Bertz CT molecular complexity index is 1070. The molecule has 0 aromatic heterocycles. The molecule has 4 rings (SSSR count). The first-order valence-electron chi connectivity index (χ1n) is 10.2. The molecule has 0 saturated carbocycles. The van der Waals surface area contributed by atoms with Gasteiger partial charge < -0.3 is 4.74 Å². The maximum absolute atomic E-state index is 12.8. The van der Waals surface area contributed by atoms with Crippen molar-refractivity contribution in [3.05, 3.63) is 105 Å². The molecule has 29 heavy (non-hydrogen) atoms. The van der Waals surface area contributed by atoms with Gasteiger partial charge in [0.05, 0.1) is 5.56 Å². The summed E-state index contributed by atoms with van der Waals surface area (Å²) in [7, 11) is 0. The van der Waals surface area contributed by atoms with Gasteiger partial charge in [-0.3, -0.25) is 0 Å². The van der Waals surface area contributed by atoms with Crippen molar-refractivity contribution in [1.82, 2.24) is 0 Å². The summed E-state index contributed by atoms with van der Waals surface area (Å²) in [5, 5.41) is 0. The van der Waals surface area contributed by atoms with Crippen LogP contribution in [0.25, 0.3) is 6.08 Å². The second kappa shape index (κ2) is 8.08. The SMILES string of the molecule is CC1=Cc2c(CCc3ccc(C)cc3)ccc(C(=O)Oc3ccc(C)cc3)c2C1. The van der Waals surface area contributed by atoms with Gasteiger partial charge in [0.1, 0.15) is 5.75 Å².